The number of nitrogens with one attached hydrogen (secondary N) is 2. The van der Waals surface area contributed by atoms with Crippen LogP contribution in [0.3, 0.4) is 0 Å². The summed E-state index contributed by atoms with van der Waals surface area (Å²) in [5.41, 5.74) is 0. The summed E-state index contributed by atoms with van der Waals surface area (Å²) in [4.78, 5) is 10.4. The molecule has 0 saturated heterocycles. The Labute approximate surface area is 152 Å². The molecule has 0 saturated carbocycles. The summed E-state index contributed by atoms with van der Waals surface area (Å²) in [5.74, 6) is -0.808. The summed E-state index contributed by atoms with van der Waals surface area (Å²) in [5, 5.41) is 14.7. The first-order valence-corrected chi connectivity index (χ1v) is 10.4. The van der Waals surface area contributed by atoms with Crippen molar-refractivity contribution in [2.75, 3.05) is 13.1 Å². The van der Waals surface area contributed by atoms with Gasteiger partial charge in [-0.2, -0.15) is 8.42 Å². The molecule has 0 bridgehead atoms. The second kappa shape index (κ2) is 18.1. The summed E-state index contributed by atoms with van der Waals surface area (Å²) in [6.45, 7) is 5.20. The molecule has 152 valence electrons. The van der Waals surface area contributed by atoms with Crippen LogP contribution in [0.1, 0.15) is 78.1 Å². The Kier molecular flexibility index (Phi) is 19.1. The predicted molar refractivity (Wildman–Crippen MR) is 99.1 cm³/mol. The lowest BCUT2D eigenvalue weighted by molar-refractivity contribution is -0.136. The van der Waals surface area contributed by atoms with Crippen LogP contribution < -0.4 is 10.6 Å². The minimum absolute atomic E-state index is 0.0200. The van der Waals surface area contributed by atoms with Gasteiger partial charge in [-0.15, -0.1) is 0 Å². The summed E-state index contributed by atoms with van der Waals surface area (Å²) in [6.07, 6.45) is 13.5. The average molecular weight is 385 g/mol. The number of aliphatic carboxylic acids is 1. The fraction of sp³-hybridized carbons (Fsp3) is 0.938. The van der Waals surface area contributed by atoms with Gasteiger partial charge in [0, 0.05) is 0 Å². The van der Waals surface area contributed by atoms with Crippen LogP contribution in [0.2, 0.25) is 0 Å². The van der Waals surface area contributed by atoms with E-state index in [0.717, 1.165) is 6.54 Å². The molecule has 25 heavy (non-hydrogen) atoms. The lowest BCUT2D eigenvalue weighted by Crippen LogP contribution is -2.42. The summed E-state index contributed by atoms with van der Waals surface area (Å²) < 4.78 is 31.6. The molecular weight excluding hydrogens is 348 g/mol. The molecule has 0 spiro atoms. The third-order valence-corrected chi connectivity index (χ3v) is 3.54. The van der Waals surface area contributed by atoms with Crippen molar-refractivity contribution in [3.05, 3.63) is 0 Å². The normalized spacial score (nSPS) is 12.3. The second-order valence-corrected chi connectivity index (χ2v) is 6.98. The molecule has 0 heterocycles. The Morgan fingerprint density at radius 3 is 1.68 bits per heavy atom. The maximum absolute atomic E-state index is 10.4. The molecule has 0 aromatic rings. The van der Waals surface area contributed by atoms with Crippen LogP contribution in [0.25, 0.3) is 0 Å². The molecular formula is C16H36N2O6S. The smallest absolute Gasteiger partial charge is 0.394 e. The van der Waals surface area contributed by atoms with Crippen LogP contribution in [0.15, 0.2) is 0 Å². The molecule has 0 aromatic heterocycles. The number of hydrogen-bond donors (Lipinski definition) is 5. The molecule has 0 aliphatic carbocycles. The van der Waals surface area contributed by atoms with Crippen molar-refractivity contribution in [3.8, 4) is 0 Å². The highest BCUT2D eigenvalue weighted by atomic mass is 32.3. The minimum atomic E-state index is -4.67. The summed E-state index contributed by atoms with van der Waals surface area (Å²) >= 11 is 0. The first-order chi connectivity index (χ1) is 11.7. The fourth-order valence-electron chi connectivity index (χ4n) is 2.24. The molecule has 8 nitrogen and oxygen atoms in total. The minimum Gasteiger partial charge on any atom is -0.480 e. The van der Waals surface area contributed by atoms with Gasteiger partial charge in [-0.1, -0.05) is 64.7 Å². The van der Waals surface area contributed by atoms with Gasteiger partial charge in [0.1, 0.15) is 0 Å². The number of carbonyl (C=O) groups is 1. The highest BCUT2D eigenvalue weighted by molar-refractivity contribution is 7.79. The Bertz CT molecular complexity index is 395. The van der Waals surface area contributed by atoms with Crippen molar-refractivity contribution < 1.29 is 27.4 Å². The van der Waals surface area contributed by atoms with Gasteiger partial charge in [0.05, 0.1) is 12.7 Å². The van der Waals surface area contributed by atoms with E-state index in [1.807, 2.05) is 6.92 Å². The van der Waals surface area contributed by atoms with Gasteiger partial charge in [-0.05, 0) is 19.9 Å². The first-order valence-electron chi connectivity index (χ1n) is 9.05. The molecule has 0 amide bonds. The number of unbranched alkanes of at least 4 members (excludes halogenated alkanes) is 9. The van der Waals surface area contributed by atoms with Crippen molar-refractivity contribution in [2.45, 2.75) is 84.2 Å². The van der Waals surface area contributed by atoms with Crippen LogP contribution in [0, 0.1) is 0 Å². The van der Waals surface area contributed by atoms with E-state index in [4.69, 9.17) is 22.6 Å². The van der Waals surface area contributed by atoms with Crippen molar-refractivity contribution in [1.29, 1.82) is 0 Å². The zero-order valence-electron chi connectivity index (χ0n) is 15.5. The molecule has 0 aromatic carbocycles. The number of carboxylic acids is 1. The lowest BCUT2D eigenvalue weighted by Gasteiger charge is -2.14. The predicted octanol–water partition coefficient (Wildman–Crippen LogP) is 2.86. The number of rotatable bonds is 15. The quantitative estimate of drug-likeness (QED) is 0.165. The fourth-order valence-corrected chi connectivity index (χ4v) is 2.24. The molecule has 0 fully saturated rings. The molecule has 9 heteroatoms. The van der Waals surface area contributed by atoms with Gasteiger partial charge < -0.3 is 10.4 Å². The zero-order chi connectivity index (χ0) is 19.6. The van der Waals surface area contributed by atoms with E-state index in [-0.39, 0.29) is 12.7 Å². The van der Waals surface area contributed by atoms with E-state index in [2.05, 4.69) is 17.6 Å². The Morgan fingerprint density at radius 2 is 1.28 bits per heavy atom. The molecule has 0 rings (SSSR count). The summed E-state index contributed by atoms with van der Waals surface area (Å²) in [6, 6.07) is 0. The Morgan fingerprint density at radius 1 is 0.880 bits per heavy atom. The van der Waals surface area contributed by atoms with E-state index in [1.54, 1.807) is 0 Å². The van der Waals surface area contributed by atoms with Crippen LogP contribution in [-0.2, 0) is 15.2 Å². The van der Waals surface area contributed by atoms with E-state index >= 15 is 0 Å². The molecule has 1 unspecified atom stereocenters. The highest BCUT2D eigenvalue weighted by Gasteiger charge is 2.02. The van der Waals surface area contributed by atoms with Crippen LogP contribution in [-0.4, -0.2) is 47.9 Å². The molecule has 1 atom stereocenters. The van der Waals surface area contributed by atoms with E-state index in [1.165, 1.54) is 64.2 Å². The van der Waals surface area contributed by atoms with Crippen LogP contribution >= 0.6 is 0 Å². The number of carboxylic acid groups (broad SMARTS) is 1. The Balaban J connectivity index is 0. The van der Waals surface area contributed by atoms with E-state index in [9.17, 15) is 4.79 Å². The average Bonchev–Trinajstić information content (AvgIpc) is 2.49. The van der Waals surface area contributed by atoms with Crippen molar-refractivity contribution >= 4 is 16.4 Å². The van der Waals surface area contributed by atoms with Crippen LogP contribution in [0.5, 0.6) is 0 Å². The van der Waals surface area contributed by atoms with Crippen molar-refractivity contribution in [2.24, 2.45) is 0 Å². The van der Waals surface area contributed by atoms with Gasteiger partial charge >= 0.3 is 16.4 Å². The lowest BCUT2D eigenvalue weighted by atomic mass is 10.1. The maximum atomic E-state index is 10.4. The largest absolute Gasteiger partial charge is 0.480 e. The van der Waals surface area contributed by atoms with Gasteiger partial charge in [0.2, 0.25) is 0 Å². The Hall–Kier alpha value is -0.740. The van der Waals surface area contributed by atoms with Gasteiger partial charge in [-0.25, -0.2) is 0 Å². The maximum Gasteiger partial charge on any atom is 0.394 e. The monoisotopic (exact) mass is 384 g/mol. The van der Waals surface area contributed by atoms with Gasteiger partial charge in [0.25, 0.3) is 0 Å². The van der Waals surface area contributed by atoms with Gasteiger partial charge in [0.15, 0.2) is 0 Å². The van der Waals surface area contributed by atoms with Crippen molar-refractivity contribution in [1.82, 2.24) is 10.6 Å². The summed E-state index contributed by atoms with van der Waals surface area (Å²) in [7, 11) is -4.67. The number of hydrogen-bond acceptors (Lipinski definition) is 5. The van der Waals surface area contributed by atoms with E-state index in [0.29, 0.717) is 0 Å². The second-order valence-electron chi connectivity index (χ2n) is 6.08. The van der Waals surface area contributed by atoms with Crippen molar-refractivity contribution in [3.63, 3.8) is 0 Å². The van der Waals surface area contributed by atoms with Crippen LogP contribution in [0.4, 0.5) is 0 Å². The molecule has 0 aliphatic rings. The van der Waals surface area contributed by atoms with E-state index < -0.39 is 16.4 Å². The molecule has 5 N–H and O–H groups in total. The molecule has 0 aliphatic heterocycles. The third-order valence-electron chi connectivity index (χ3n) is 3.54. The first kappa shape index (κ1) is 26.5. The zero-order valence-corrected chi connectivity index (χ0v) is 16.4. The standard InChI is InChI=1S/C16H34N2O2.H2O4S/c1-3-4-5-6-7-8-9-10-11-12-13-17-15(2)18-14-16(19)20;1-5(2,3)4/h15,17-18H,3-14H2,1-2H3,(H,19,20);(H2,1,2,3,4). The third kappa shape index (κ3) is 35.3. The SMILES string of the molecule is CCCCCCCCCCCCNC(C)NCC(=O)O.O=S(=O)(O)O. The topological polar surface area (TPSA) is 136 Å². The molecule has 0 radical (unpaired) electrons. The highest BCUT2D eigenvalue weighted by Crippen LogP contribution is 2.10. The van der Waals surface area contributed by atoms with Gasteiger partial charge in [-0.3, -0.25) is 19.2 Å².